The molecule has 3 fully saturated rings. The van der Waals surface area contributed by atoms with Crippen LogP contribution in [-0.2, 0) is 10.5 Å². The summed E-state index contributed by atoms with van der Waals surface area (Å²) in [4.78, 5) is 33.0. The minimum atomic E-state index is -0.612. The molecule has 2 aliphatic heterocycles. The zero-order chi connectivity index (χ0) is 30.5. The molecule has 44 heavy (non-hydrogen) atoms. The predicted octanol–water partition coefficient (Wildman–Crippen LogP) is 5.86. The van der Waals surface area contributed by atoms with E-state index in [1.54, 1.807) is 30.0 Å². The Balaban J connectivity index is 0.960. The van der Waals surface area contributed by atoms with Crippen molar-refractivity contribution in [2.75, 3.05) is 32.9 Å². The fourth-order valence-electron chi connectivity index (χ4n) is 6.53. The first kappa shape index (κ1) is 30.8. The number of hydrogen-bond donors (Lipinski definition) is 1. The topological polar surface area (TPSA) is 120 Å². The first-order valence-electron chi connectivity index (χ1n) is 15.6. The molecular formula is C32H39FN4O6S. The molecule has 10 nitrogen and oxygen atoms in total. The van der Waals surface area contributed by atoms with Gasteiger partial charge < -0.3 is 24.1 Å². The monoisotopic (exact) mass is 626 g/mol. The van der Waals surface area contributed by atoms with Gasteiger partial charge in [-0.15, -0.1) is 0 Å². The van der Waals surface area contributed by atoms with Gasteiger partial charge in [-0.05, 0) is 69.4 Å². The molecule has 0 bridgehead atoms. The molecule has 1 aliphatic carbocycles. The Kier molecular flexibility index (Phi) is 9.98. The predicted molar refractivity (Wildman–Crippen MR) is 167 cm³/mol. The second kappa shape index (κ2) is 14.3. The Hall–Kier alpha value is -3.22. The van der Waals surface area contributed by atoms with Crippen molar-refractivity contribution in [3.8, 4) is 11.5 Å². The lowest BCUT2D eigenvalue weighted by Gasteiger charge is -2.40. The summed E-state index contributed by atoms with van der Waals surface area (Å²) in [7, 11) is 0. The van der Waals surface area contributed by atoms with Crippen LogP contribution >= 0.6 is 11.8 Å². The normalized spacial score (nSPS) is 22.2. The quantitative estimate of drug-likeness (QED) is 0.218. The minimum Gasteiger partial charge on any atom is -0.493 e. The summed E-state index contributed by atoms with van der Waals surface area (Å²) in [5.74, 6) is 1.99. The van der Waals surface area contributed by atoms with E-state index in [2.05, 4.69) is 14.9 Å². The van der Waals surface area contributed by atoms with Crippen LogP contribution in [0.15, 0.2) is 41.2 Å². The Morgan fingerprint density at radius 2 is 1.75 bits per heavy atom. The number of rotatable bonds is 10. The highest BCUT2D eigenvalue weighted by atomic mass is 32.2. The van der Waals surface area contributed by atoms with E-state index in [1.807, 2.05) is 0 Å². The van der Waals surface area contributed by atoms with Crippen LogP contribution in [0.4, 0.5) is 10.1 Å². The number of piperidine rings is 1. The van der Waals surface area contributed by atoms with E-state index in [9.17, 15) is 19.3 Å². The van der Waals surface area contributed by atoms with Crippen LogP contribution in [-0.4, -0.2) is 70.1 Å². The Bertz CT molecular complexity index is 1480. The zero-order valence-electron chi connectivity index (χ0n) is 24.8. The number of nitro groups is 1. The average Bonchev–Trinajstić information content (AvgIpc) is 3.04. The van der Waals surface area contributed by atoms with Gasteiger partial charge in [-0.3, -0.25) is 14.9 Å². The van der Waals surface area contributed by atoms with Crippen molar-refractivity contribution in [3.05, 3.63) is 68.5 Å². The largest absolute Gasteiger partial charge is 0.493 e. The van der Waals surface area contributed by atoms with Crippen LogP contribution in [0.3, 0.4) is 0 Å². The van der Waals surface area contributed by atoms with Gasteiger partial charge in [0.15, 0.2) is 0 Å². The molecule has 6 rings (SSSR count). The maximum absolute atomic E-state index is 14.9. The number of benzene rings is 2. The molecule has 1 N–H and O–H groups in total. The van der Waals surface area contributed by atoms with Gasteiger partial charge in [-0.25, -0.2) is 9.37 Å². The molecule has 1 aromatic heterocycles. The van der Waals surface area contributed by atoms with Gasteiger partial charge in [0.1, 0.15) is 34.6 Å². The van der Waals surface area contributed by atoms with Crippen LogP contribution < -0.4 is 15.0 Å². The maximum Gasteiger partial charge on any atom is 0.269 e. The van der Waals surface area contributed by atoms with Gasteiger partial charge in [0, 0.05) is 61.9 Å². The number of hydrogen-bond acceptors (Lipinski definition) is 9. The fraction of sp³-hybridized carbons (Fsp3) is 0.562. The minimum absolute atomic E-state index is 0.0282. The van der Waals surface area contributed by atoms with E-state index < -0.39 is 16.3 Å². The van der Waals surface area contributed by atoms with E-state index in [4.69, 9.17) is 14.2 Å². The average molecular weight is 627 g/mol. The number of nitro benzene ring substituents is 1. The SMILES string of the molecule is O=c1[nH]c(CSC2CCOCC2)nc2cc(OCC3CCC(N4CCC(Oc5ccc([N+](=O)[O-])cc5)CC4)CC3)cc(F)c12. The summed E-state index contributed by atoms with van der Waals surface area (Å²) in [6, 6.07) is 9.82. The van der Waals surface area contributed by atoms with Crippen molar-refractivity contribution >= 4 is 28.4 Å². The van der Waals surface area contributed by atoms with Gasteiger partial charge in [0.25, 0.3) is 11.2 Å². The van der Waals surface area contributed by atoms with Crippen molar-refractivity contribution in [2.45, 2.75) is 74.5 Å². The van der Waals surface area contributed by atoms with Crippen molar-refractivity contribution in [1.29, 1.82) is 0 Å². The van der Waals surface area contributed by atoms with Gasteiger partial charge in [0.05, 0.1) is 22.8 Å². The number of aromatic amines is 1. The molecule has 0 atom stereocenters. The highest BCUT2D eigenvalue weighted by Crippen LogP contribution is 2.32. The number of H-pyrrole nitrogens is 1. The van der Waals surface area contributed by atoms with E-state index in [1.165, 1.54) is 18.2 Å². The van der Waals surface area contributed by atoms with Crippen LogP contribution in [0, 0.1) is 21.8 Å². The number of fused-ring (bicyclic) bond motifs is 1. The van der Waals surface area contributed by atoms with Crippen molar-refractivity contribution in [3.63, 3.8) is 0 Å². The van der Waals surface area contributed by atoms with Gasteiger partial charge in [-0.2, -0.15) is 11.8 Å². The lowest BCUT2D eigenvalue weighted by Crippen LogP contribution is -2.45. The lowest BCUT2D eigenvalue weighted by molar-refractivity contribution is -0.384. The number of nitrogens with one attached hydrogen (secondary N) is 1. The summed E-state index contributed by atoms with van der Waals surface area (Å²) in [6.45, 7) is 3.98. The standard InChI is InChI=1S/C32H39FN4O6S/c33-28-17-26(18-29-31(28)32(38)35-30(34-29)20-44-27-11-15-41-16-12-27)42-19-21-1-3-22(4-2-21)36-13-9-25(10-14-36)43-24-7-5-23(6-8-24)37(39)40/h5-8,17-18,21-22,25,27H,1-4,9-16,19-20H2,(H,34,35,38). The van der Waals surface area contributed by atoms with Crippen LogP contribution in [0.2, 0.25) is 0 Å². The van der Waals surface area contributed by atoms with E-state index in [0.717, 1.165) is 77.7 Å². The third kappa shape index (κ3) is 7.70. The first-order valence-corrected chi connectivity index (χ1v) is 16.7. The number of halogens is 1. The van der Waals surface area contributed by atoms with Crippen molar-refractivity contribution in [1.82, 2.24) is 14.9 Å². The molecule has 2 aromatic carbocycles. The van der Waals surface area contributed by atoms with Crippen molar-refractivity contribution < 1.29 is 23.5 Å². The number of likely N-dealkylation sites (tertiary alicyclic amines) is 1. The molecule has 0 amide bonds. The summed E-state index contributed by atoms with van der Waals surface area (Å²) in [5.41, 5.74) is -0.0611. The molecule has 0 unspecified atom stereocenters. The van der Waals surface area contributed by atoms with Gasteiger partial charge >= 0.3 is 0 Å². The number of thioether (sulfide) groups is 1. The summed E-state index contributed by atoms with van der Waals surface area (Å²) >= 11 is 1.75. The molecule has 12 heteroatoms. The van der Waals surface area contributed by atoms with E-state index in [0.29, 0.717) is 52.4 Å². The second-order valence-electron chi connectivity index (χ2n) is 12.0. The van der Waals surface area contributed by atoms with E-state index in [-0.39, 0.29) is 17.2 Å². The van der Waals surface area contributed by atoms with Crippen LogP contribution in [0.25, 0.3) is 10.9 Å². The van der Waals surface area contributed by atoms with Gasteiger partial charge in [0.2, 0.25) is 0 Å². The number of nitrogens with zero attached hydrogens (tertiary/aromatic N) is 3. The maximum atomic E-state index is 14.9. The molecule has 236 valence electrons. The smallest absolute Gasteiger partial charge is 0.269 e. The van der Waals surface area contributed by atoms with Gasteiger partial charge in [-0.1, -0.05) is 0 Å². The molecule has 3 aromatic rings. The van der Waals surface area contributed by atoms with Crippen LogP contribution in [0.1, 0.15) is 57.2 Å². The third-order valence-corrected chi connectivity index (χ3v) is 10.4. The fourth-order valence-corrected chi connectivity index (χ4v) is 7.58. The Morgan fingerprint density at radius 3 is 2.45 bits per heavy atom. The molecule has 2 saturated heterocycles. The number of non-ortho nitro benzene ring substituents is 1. The Morgan fingerprint density at radius 1 is 1.02 bits per heavy atom. The molecule has 0 spiro atoms. The third-order valence-electron chi connectivity index (χ3n) is 9.05. The summed E-state index contributed by atoms with van der Waals surface area (Å²) < 4.78 is 32.5. The molecule has 3 aliphatic rings. The highest BCUT2D eigenvalue weighted by Gasteiger charge is 2.30. The number of aromatic nitrogens is 2. The zero-order valence-corrected chi connectivity index (χ0v) is 25.6. The first-order chi connectivity index (χ1) is 21.4. The Labute approximate surface area is 259 Å². The molecule has 0 radical (unpaired) electrons. The summed E-state index contributed by atoms with van der Waals surface area (Å²) in [6.07, 6.45) is 8.23. The summed E-state index contributed by atoms with van der Waals surface area (Å²) in [5, 5.41) is 11.3. The molecular weight excluding hydrogens is 587 g/mol. The van der Waals surface area contributed by atoms with E-state index >= 15 is 0 Å². The second-order valence-corrected chi connectivity index (χ2v) is 13.3. The molecule has 3 heterocycles. The highest BCUT2D eigenvalue weighted by molar-refractivity contribution is 7.99. The van der Waals surface area contributed by atoms with Crippen molar-refractivity contribution in [2.24, 2.45) is 5.92 Å². The number of ether oxygens (including phenoxy) is 3. The van der Waals surface area contributed by atoms with Crippen LogP contribution in [0.5, 0.6) is 11.5 Å². The lowest BCUT2D eigenvalue weighted by atomic mass is 9.85. The molecule has 1 saturated carbocycles.